The van der Waals surface area contributed by atoms with Crippen LogP contribution in [0.5, 0.6) is 5.75 Å². The maximum atomic E-state index is 10.7. The highest BCUT2D eigenvalue weighted by Crippen LogP contribution is 2.19. The lowest BCUT2D eigenvalue weighted by atomic mass is 10.2. The Kier molecular flexibility index (Phi) is 2.53. The topological polar surface area (TPSA) is 68.1 Å². The van der Waals surface area contributed by atoms with Crippen molar-refractivity contribution in [2.45, 2.75) is 6.92 Å². The standard InChI is InChI=1S/C10H10N2O3/c1-2-14-8-5-3-7(4-6-8)9-11-12-10(13)15-9/h3-6H,2H2,1H3,(H,12,13). The minimum atomic E-state index is -0.557. The number of ether oxygens (including phenoxy) is 1. The van der Waals surface area contributed by atoms with Crippen LogP contribution < -0.4 is 10.5 Å². The maximum Gasteiger partial charge on any atom is 0.434 e. The molecule has 0 bridgehead atoms. The van der Waals surface area contributed by atoms with Gasteiger partial charge < -0.3 is 9.15 Å². The molecule has 1 heterocycles. The van der Waals surface area contributed by atoms with E-state index in [9.17, 15) is 4.79 Å². The number of hydrogen-bond acceptors (Lipinski definition) is 4. The molecule has 0 amide bonds. The highest BCUT2D eigenvalue weighted by Gasteiger charge is 2.04. The Bertz CT molecular complexity index is 484. The number of H-pyrrole nitrogens is 1. The number of rotatable bonds is 3. The molecule has 0 saturated heterocycles. The summed E-state index contributed by atoms with van der Waals surface area (Å²) < 4.78 is 10.1. The highest BCUT2D eigenvalue weighted by atomic mass is 16.5. The van der Waals surface area contributed by atoms with E-state index in [2.05, 4.69) is 10.2 Å². The van der Waals surface area contributed by atoms with Crippen LogP contribution in [0.25, 0.3) is 11.5 Å². The molecule has 2 rings (SSSR count). The molecule has 5 heteroatoms. The fourth-order valence-corrected chi connectivity index (χ4v) is 1.21. The van der Waals surface area contributed by atoms with Crippen LogP contribution in [0.3, 0.4) is 0 Å². The molecule has 0 saturated carbocycles. The summed E-state index contributed by atoms with van der Waals surface area (Å²) in [5, 5.41) is 5.92. The Labute approximate surface area is 85.7 Å². The molecule has 5 nitrogen and oxygen atoms in total. The predicted molar refractivity (Wildman–Crippen MR) is 53.7 cm³/mol. The van der Waals surface area contributed by atoms with Crippen LogP contribution in [0.15, 0.2) is 33.5 Å². The Balaban J connectivity index is 2.27. The van der Waals surface area contributed by atoms with Crippen molar-refractivity contribution in [1.29, 1.82) is 0 Å². The van der Waals surface area contributed by atoms with Crippen LogP contribution in [0.2, 0.25) is 0 Å². The Morgan fingerprint density at radius 2 is 2.13 bits per heavy atom. The highest BCUT2D eigenvalue weighted by molar-refractivity contribution is 5.53. The fourth-order valence-electron chi connectivity index (χ4n) is 1.21. The van der Waals surface area contributed by atoms with E-state index in [4.69, 9.17) is 9.15 Å². The fraction of sp³-hybridized carbons (Fsp3) is 0.200. The number of hydrogen-bond donors (Lipinski definition) is 1. The van der Waals surface area contributed by atoms with Gasteiger partial charge in [0.2, 0.25) is 5.89 Å². The molecule has 0 spiro atoms. The van der Waals surface area contributed by atoms with Gasteiger partial charge in [0.15, 0.2) is 0 Å². The maximum absolute atomic E-state index is 10.7. The van der Waals surface area contributed by atoms with E-state index >= 15 is 0 Å². The zero-order valence-corrected chi connectivity index (χ0v) is 8.19. The van der Waals surface area contributed by atoms with Crippen LogP contribution in [0, 0.1) is 0 Å². The van der Waals surface area contributed by atoms with Crippen LogP contribution in [0.1, 0.15) is 6.92 Å². The lowest BCUT2D eigenvalue weighted by Gasteiger charge is -2.01. The third-order valence-electron chi connectivity index (χ3n) is 1.85. The Morgan fingerprint density at radius 1 is 1.40 bits per heavy atom. The molecular formula is C10H10N2O3. The Hall–Kier alpha value is -2.04. The van der Waals surface area contributed by atoms with Gasteiger partial charge >= 0.3 is 5.76 Å². The van der Waals surface area contributed by atoms with Crippen molar-refractivity contribution in [2.24, 2.45) is 0 Å². The molecule has 78 valence electrons. The molecule has 0 aliphatic rings. The average molecular weight is 206 g/mol. The van der Waals surface area contributed by atoms with Gasteiger partial charge in [0, 0.05) is 5.56 Å². The van der Waals surface area contributed by atoms with Crippen LogP contribution >= 0.6 is 0 Å². The number of benzene rings is 1. The van der Waals surface area contributed by atoms with Crippen molar-refractivity contribution < 1.29 is 9.15 Å². The predicted octanol–water partition coefficient (Wildman–Crippen LogP) is 1.43. The molecule has 0 atom stereocenters. The largest absolute Gasteiger partial charge is 0.494 e. The number of aromatic nitrogens is 2. The van der Waals surface area contributed by atoms with Crippen LogP contribution in [0.4, 0.5) is 0 Å². The first kappa shape index (κ1) is 9.51. The molecule has 0 aliphatic heterocycles. The van der Waals surface area contributed by atoms with Crippen molar-refractivity contribution >= 4 is 0 Å². The lowest BCUT2D eigenvalue weighted by Crippen LogP contribution is -1.93. The van der Waals surface area contributed by atoms with Crippen molar-refractivity contribution in [2.75, 3.05) is 6.61 Å². The summed E-state index contributed by atoms with van der Waals surface area (Å²) >= 11 is 0. The normalized spacial score (nSPS) is 10.2. The lowest BCUT2D eigenvalue weighted by molar-refractivity contribution is 0.340. The zero-order chi connectivity index (χ0) is 10.7. The summed E-state index contributed by atoms with van der Waals surface area (Å²) in [4.78, 5) is 10.7. The van der Waals surface area contributed by atoms with Gasteiger partial charge in [-0.25, -0.2) is 9.89 Å². The molecule has 2 aromatic rings. The van der Waals surface area contributed by atoms with E-state index in [-0.39, 0.29) is 5.89 Å². The molecule has 0 fully saturated rings. The minimum absolute atomic E-state index is 0.281. The van der Waals surface area contributed by atoms with Gasteiger partial charge in [0.1, 0.15) is 5.75 Å². The summed E-state index contributed by atoms with van der Waals surface area (Å²) in [5.74, 6) is 0.501. The molecule has 1 aromatic heterocycles. The van der Waals surface area contributed by atoms with E-state index < -0.39 is 5.76 Å². The summed E-state index contributed by atoms with van der Waals surface area (Å²) in [7, 11) is 0. The first-order valence-corrected chi connectivity index (χ1v) is 4.58. The summed E-state index contributed by atoms with van der Waals surface area (Å²) in [5.41, 5.74) is 0.733. The summed E-state index contributed by atoms with van der Waals surface area (Å²) in [6, 6.07) is 7.16. The second kappa shape index (κ2) is 4.00. The number of aromatic amines is 1. The smallest absolute Gasteiger partial charge is 0.434 e. The first-order chi connectivity index (χ1) is 7.29. The Morgan fingerprint density at radius 3 is 2.67 bits per heavy atom. The second-order valence-corrected chi connectivity index (χ2v) is 2.88. The van der Waals surface area contributed by atoms with Gasteiger partial charge in [0.05, 0.1) is 6.61 Å². The third kappa shape index (κ3) is 2.07. The van der Waals surface area contributed by atoms with Crippen molar-refractivity contribution in [3.8, 4) is 17.2 Å². The van der Waals surface area contributed by atoms with Gasteiger partial charge in [-0.2, -0.15) is 0 Å². The SMILES string of the molecule is CCOc1ccc(-c2n[nH]c(=O)o2)cc1. The van der Waals surface area contributed by atoms with Crippen molar-refractivity contribution in [3.05, 3.63) is 34.8 Å². The van der Waals surface area contributed by atoms with Crippen molar-refractivity contribution in [3.63, 3.8) is 0 Å². The zero-order valence-electron chi connectivity index (χ0n) is 8.19. The van der Waals surface area contributed by atoms with Crippen LogP contribution in [-0.2, 0) is 0 Å². The van der Waals surface area contributed by atoms with Gasteiger partial charge in [0.25, 0.3) is 0 Å². The third-order valence-corrected chi connectivity index (χ3v) is 1.85. The molecular weight excluding hydrogens is 196 g/mol. The van der Waals surface area contributed by atoms with Crippen LogP contribution in [-0.4, -0.2) is 16.8 Å². The molecule has 15 heavy (non-hydrogen) atoms. The number of nitrogens with zero attached hydrogens (tertiary/aromatic N) is 1. The van der Waals surface area contributed by atoms with Gasteiger partial charge in [-0.1, -0.05) is 0 Å². The summed E-state index contributed by atoms with van der Waals surface area (Å²) in [6.07, 6.45) is 0. The summed E-state index contributed by atoms with van der Waals surface area (Å²) in [6.45, 7) is 2.54. The number of nitrogens with one attached hydrogen (secondary N) is 1. The first-order valence-electron chi connectivity index (χ1n) is 4.58. The quantitative estimate of drug-likeness (QED) is 0.824. The minimum Gasteiger partial charge on any atom is -0.494 e. The average Bonchev–Trinajstić information content (AvgIpc) is 2.67. The van der Waals surface area contributed by atoms with Gasteiger partial charge in [-0.05, 0) is 31.2 Å². The van der Waals surface area contributed by atoms with E-state index in [0.29, 0.717) is 6.61 Å². The molecule has 1 aromatic carbocycles. The van der Waals surface area contributed by atoms with Gasteiger partial charge in [-0.15, -0.1) is 5.10 Å². The monoisotopic (exact) mass is 206 g/mol. The van der Waals surface area contributed by atoms with Gasteiger partial charge in [-0.3, -0.25) is 0 Å². The van der Waals surface area contributed by atoms with E-state index in [0.717, 1.165) is 11.3 Å². The molecule has 0 radical (unpaired) electrons. The van der Waals surface area contributed by atoms with Crippen molar-refractivity contribution in [1.82, 2.24) is 10.2 Å². The van der Waals surface area contributed by atoms with E-state index in [1.54, 1.807) is 24.3 Å². The second-order valence-electron chi connectivity index (χ2n) is 2.88. The molecule has 1 N–H and O–H groups in total. The van der Waals surface area contributed by atoms with E-state index in [1.165, 1.54) is 0 Å². The molecule has 0 unspecified atom stereocenters. The molecule has 0 aliphatic carbocycles. The van der Waals surface area contributed by atoms with E-state index in [1.807, 2.05) is 6.92 Å².